The molecule has 0 spiro atoms. The number of rotatable bonds is 6. The van der Waals surface area contributed by atoms with Gasteiger partial charge in [-0.15, -0.1) is 0 Å². The molecule has 2 aromatic rings. The predicted molar refractivity (Wildman–Crippen MR) is 136 cm³/mol. The number of benzene rings is 1. The molecule has 3 N–H and O–H groups in total. The van der Waals surface area contributed by atoms with Crippen LogP contribution in [-0.4, -0.2) is 70.3 Å². The number of nitrogens with one attached hydrogen (secondary N) is 1. The van der Waals surface area contributed by atoms with Gasteiger partial charge in [-0.3, -0.25) is 24.3 Å². The highest BCUT2D eigenvalue weighted by molar-refractivity contribution is 5.96. The normalized spacial score (nSPS) is 27.3. The van der Waals surface area contributed by atoms with E-state index in [0.717, 1.165) is 50.1 Å². The van der Waals surface area contributed by atoms with Crippen LogP contribution in [0.25, 0.3) is 0 Å². The Morgan fingerprint density at radius 3 is 2.41 bits per heavy atom. The topological polar surface area (TPSA) is 109 Å². The molecular formula is C28H32F3N5O3. The van der Waals surface area contributed by atoms with Crippen molar-refractivity contribution in [2.24, 2.45) is 5.73 Å². The fourth-order valence-corrected chi connectivity index (χ4v) is 6.68. The van der Waals surface area contributed by atoms with Crippen molar-refractivity contribution in [2.45, 2.75) is 68.2 Å². The Balaban J connectivity index is 1.17. The molecule has 3 amide bonds. The zero-order chi connectivity index (χ0) is 27.8. The third-order valence-corrected chi connectivity index (χ3v) is 8.70. The Morgan fingerprint density at radius 2 is 1.74 bits per heavy atom. The molecule has 0 radical (unpaired) electrons. The minimum Gasteiger partial charge on any atom is -0.369 e. The number of nitrogens with zero attached hydrogens (tertiary/aromatic N) is 3. The van der Waals surface area contributed by atoms with Crippen molar-refractivity contribution >= 4 is 17.7 Å². The highest BCUT2D eigenvalue weighted by atomic mass is 19.4. The van der Waals surface area contributed by atoms with E-state index in [2.05, 4.69) is 15.2 Å². The monoisotopic (exact) mass is 543 g/mol. The highest BCUT2D eigenvalue weighted by Gasteiger charge is 2.49. The van der Waals surface area contributed by atoms with Gasteiger partial charge in [-0.2, -0.15) is 13.2 Å². The second-order valence-electron chi connectivity index (χ2n) is 10.7. The van der Waals surface area contributed by atoms with Gasteiger partial charge >= 0.3 is 6.18 Å². The minimum absolute atomic E-state index is 0.0292. The molecule has 1 aliphatic carbocycles. The number of fused-ring (bicyclic) bond motifs is 1. The first kappa shape index (κ1) is 27.1. The van der Waals surface area contributed by atoms with E-state index < -0.39 is 23.1 Å². The maximum Gasteiger partial charge on any atom is 0.416 e. The zero-order valence-electron chi connectivity index (χ0n) is 21.5. The molecule has 1 aromatic heterocycles. The van der Waals surface area contributed by atoms with Gasteiger partial charge in [0.1, 0.15) is 0 Å². The summed E-state index contributed by atoms with van der Waals surface area (Å²) in [6, 6.07) is 10.2. The number of hydrogen-bond donors (Lipinski definition) is 2. The smallest absolute Gasteiger partial charge is 0.369 e. The average Bonchev–Trinajstić information content (AvgIpc) is 3.54. The van der Waals surface area contributed by atoms with Crippen LogP contribution in [0.4, 0.5) is 13.2 Å². The summed E-state index contributed by atoms with van der Waals surface area (Å²) >= 11 is 0. The van der Waals surface area contributed by atoms with Crippen molar-refractivity contribution in [2.75, 3.05) is 19.6 Å². The maximum absolute atomic E-state index is 13.0. The van der Waals surface area contributed by atoms with E-state index in [1.54, 1.807) is 11.1 Å². The lowest BCUT2D eigenvalue weighted by Gasteiger charge is -2.42. The molecule has 5 rings (SSSR count). The molecule has 39 heavy (non-hydrogen) atoms. The van der Waals surface area contributed by atoms with Gasteiger partial charge in [-0.1, -0.05) is 12.1 Å². The molecule has 2 aliphatic heterocycles. The third-order valence-electron chi connectivity index (χ3n) is 8.70. The molecule has 8 nitrogen and oxygen atoms in total. The number of nitrogens with two attached hydrogens (primary N) is 1. The number of halogens is 3. The van der Waals surface area contributed by atoms with Crippen LogP contribution in [-0.2, 0) is 21.2 Å². The Bertz CT molecular complexity index is 1230. The van der Waals surface area contributed by atoms with Gasteiger partial charge in [0, 0.05) is 43.0 Å². The van der Waals surface area contributed by atoms with Crippen molar-refractivity contribution in [1.82, 2.24) is 20.1 Å². The van der Waals surface area contributed by atoms with Crippen LogP contribution in [0.2, 0.25) is 0 Å². The first-order valence-corrected chi connectivity index (χ1v) is 13.3. The van der Waals surface area contributed by atoms with Crippen LogP contribution >= 0.6 is 0 Å². The van der Waals surface area contributed by atoms with Crippen LogP contribution in [0, 0.1) is 0 Å². The molecule has 0 bridgehead atoms. The predicted octanol–water partition coefficient (Wildman–Crippen LogP) is 2.87. The van der Waals surface area contributed by atoms with E-state index in [1.165, 1.54) is 12.1 Å². The number of alkyl halides is 3. The Labute approximate surface area is 224 Å². The number of hydrogen-bond acceptors (Lipinski definition) is 5. The van der Waals surface area contributed by atoms with Gasteiger partial charge in [-0.25, -0.2) is 0 Å². The van der Waals surface area contributed by atoms with Gasteiger partial charge < -0.3 is 16.0 Å². The van der Waals surface area contributed by atoms with Gasteiger partial charge in [-0.05, 0) is 68.9 Å². The van der Waals surface area contributed by atoms with Crippen molar-refractivity contribution < 1.29 is 27.6 Å². The Morgan fingerprint density at radius 1 is 1.00 bits per heavy atom. The molecule has 1 aromatic carbocycles. The van der Waals surface area contributed by atoms with E-state index in [9.17, 15) is 27.6 Å². The first-order valence-electron chi connectivity index (χ1n) is 13.3. The van der Waals surface area contributed by atoms with Gasteiger partial charge in [0.15, 0.2) is 0 Å². The molecule has 0 unspecified atom stereocenters. The van der Waals surface area contributed by atoms with Crippen LogP contribution in [0.3, 0.4) is 0 Å². The second-order valence-corrected chi connectivity index (χ2v) is 10.7. The average molecular weight is 544 g/mol. The molecule has 208 valence electrons. The highest BCUT2D eigenvalue weighted by Crippen LogP contribution is 2.43. The Hall–Kier alpha value is -3.47. The number of primary amides is 1. The van der Waals surface area contributed by atoms with Crippen molar-refractivity contribution in [3.8, 4) is 0 Å². The lowest BCUT2D eigenvalue weighted by atomic mass is 9.69. The van der Waals surface area contributed by atoms with E-state index in [1.807, 2.05) is 18.2 Å². The van der Waals surface area contributed by atoms with E-state index >= 15 is 0 Å². The number of carbonyl (C=O) groups excluding carboxylic acids is 3. The van der Waals surface area contributed by atoms with Crippen molar-refractivity contribution in [1.29, 1.82) is 0 Å². The maximum atomic E-state index is 13.0. The molecule has 3 heterocycles. The van der Waals surface area contributed by atoms with Crippen LogP contribution in [0.5, 0.6) is 0 Å². The summed E-state index contributed by atoms with van der Waals surface area (Å²) in [6.45, 7) is 1.14. The summed E-state index contributed by atoms with van der Waals surface area (Å²) in [5.74, 6) is -1.30. The fourth-order valence-electron chi connectivity index (χ4n) is 6.68. The van der Waals surface area contributed by atoms with Crippen LogP contribution < -0.4 is 11.1 Å². The standard InChI is InChI=1S/C28H32F3N5O3/c29-28(30,31)19-5-3-4-18(16-19)25(38)34-17-24(37)36-15-10-21-22(36)9-14-35(21)20-7-11-27(12-8-20,26(32)39)23-6-1-2-13-33-23/h1-6,13,16,20-22H,7-12,14-15,17H2,(H2,32,39)(H,34,38)/t20?,21-,22-,27?/m1/s1. The van der Waals surface area contributed by atoms with Crippen molar-refractivity contribution in [3.05, 3.63) is 65.5 Å². The van der Waals surface area contributed by atoms with Gasteiger partial charge in [0.2, 0.25) is 11.8 Å². The Kier molecular flexibility index (Phi) is 7.37. The van der Waals surface area contributed by atoms with E-state index in [0.29, 0.717) is 19.4 Å². The molecule has 2 atom stereocenters. The number of pyridine rings is 1. The molecular weight excluding hydrogens is 511 g/mol. The van der Waals surface area contributed by atoms with E-state index in [4.69, 9.17) is 5.73 Å². The summed E-state index contributed by atoms with van der Waals surface area (Å²) in [5, 5.41) is 2.48. The first-order chi connectivity index (χ1) is 18.6. The summed E-state index contributed by atoms with van der Waals surface area (Å²) in [6.07, 6.45) is 1.63. The van der Waals surface area contributed by atoms with Gasteiger partial charge in [0.25, 0.3) is 5.91 Å². The van der Waals surface area contributed by atoms with Crippen molar-refractivity contribution in [3.63, 3.8) is 0 Å². The number of amides is 3. The quantitative estimate of drug-likeness (QED) is 0.583. The van der Waals surface area contributed by atoms with Gasteiger partial charge in [0.05, 0.1) is 23.2 Å². The molecule has 3 aliphatic rings. The minimum atomic E-state index is -4.55. The SMILES string of the molecule is NC(=O)C1(c2ccccn2)CCC(N2CC[C@@H]3[C@H]2CCN3C(=O)CNC(=O)c2cccc(C(F)(F)F)c2)CC1. The molecule has 11 heteroatoms. The molecule has 1 saturated carbocycles. The largest absolute Gasteiger partial charge is 0.416 e. The number of likely N-dealkylation sites (tertiary alicyclic amines) is 2. The second kappa shape index (κ2) is 10.6. The lowest BCUT2D eigenvalue weighted by molar-refractivity contribution is -0.137. The third kappa shape index (κ3) is 5.24. The summed E-state index contributed by atoms with van der Waals surface area (Å²) in [7, 11) is 0. The lowest BCUT2D eigenvalue weighted by Crippen LogP contribution is -2.50. The van der Waals surface area contributed by atoms with E-state index in [-0.39, 0.29) is 42.0 Å². The number of carbonyl (C=O) groups is 3. The summed E-state index contributed by atoms with van der Waals surface area (Å²) < 4.78 is 38.9. The van der Waals surface area contributed by atoms with Crippen LogP contribution in [0.1, 0.15) is 60.1 Å². The van der Waals surface area contributed by atoms with Crippen LogP contribution in [0.15, 0.2) is 48.7 Å². The number of aromatic nitrogens is 1. The fraction of sp³-hybridized carbons (Fsp3) is 0.500. The summed E-state index contributed by atoms with van der Waals surface area (Å²) in [5.41, 5.74) is 4.78. The molecule has 2 saturated heterocycles. The summed E-state index contributed by atoms with van der Waals surface area (Å²) in [4.78, 5) is 46.6. The zero-order valence-corrected chi connectivity index (χ0v) is 21.5. The molecule has 3 fully saturated rings.